The van der Waals surface area contributed by atoms with Crippen LogP contribution in [0, 0.1) is 21.5 Å². The van der Waals surface area contributed by atoms with Crippen LogP contribution in [-0.4, -0.2) is 15.0 Å². The Morgan fingerprint density at radius 1 is 0.480 bits per heavy atom. The first kappa shape index (κ1) is 15.6. The molecule has 0 atom stereocenters. The van der Waals surface area contributed by atoms with Crippen molar-refractivity contribution >= 4 is 36.5 Å². The van der Waals surface area contributed by atoms with Crippen LogP contribution in [-0.2, 0) is 0 Å². The molecule has 0 heterocycles. The van der Waals surface area contributed by atoms with E-state index in [4.69, 9.17) is 0 Å². The summed E-state index contributed by atoms with van der Waals surface area (Å²) >= 11 is -0.00269. The summed E-state index contributed by atoms with van der Waals surface area (Å²) in [7, 11) is 0. The minimum atomic E-state index is -0.00269. The van der Waals surface area contributed by atoms with Crippen molar-refractivity contribution in [1.82, 2.24) is 0 Å². The van der Waals surface area contributed by atoms with Gasteiger partial charge in [-0.3, -0.25) is 0 Å². The van der Waals surface area contributed by atoms with Gasteiger partial charge in [-0.05, 0) is 0 Å². The van der Waals surface area contributed by atoms with Crippen LogP contribution in [0.1, 0.15) is 11.1 Å². The zero-order valence-corrected chi connectivity index (χ0v) is 15.2. The fourth-order valence-corrected chi connectivity index (χ4v) is 3.54. The summed E-state index contributed by atoms with van der Waals surface area (Å²) in [5.74, 6) is 6.46. The molecule has 0 fully saturated rings. The second-order valence-corrected chi connectivity index (χ2v) is 6.96. The molecule has 0 unspecified atom stereocenters. The maximum absolute atomic E-state index is 3.23. The van der Waals surface area contributed by atoms with Crippen molar-refractivity contribution in [2.45, 2.75) is 0 Å². The van der Waals surface area contributed by atoms with Gasteiger partial charge in [0.15, 0.2) is 0 Å². The summed E-state index contributed by atoms with van der Waals surface area (Å²) in [5, 5.41) is 4.94. The number of hydrogen-bond donors (Lipinski definition) is 0. The summed E-state index contributed by atoms with van der Waals surface area (Å²) in [6, 6.07) is 29.3. The van der Waals surface area contributed by atoms with E-state index in [-0.39, 0.29) is 15.0 Å². The Labute approximate surface area is 154 Å². The predicted octanol–water partition coefficient (Wildman–Crippen LogP) is 5.02. The van der Waals surface area contributed by atoms with Crippen molar-refractivity contribution in [3.63, 3.8) is 0 Å². The van der Waals surface area contributed by atoms with Crippen molar-refractivity contribution in [1.29, 1.82) is 0 Å². The normalized spacial score (nSPS) is 9.92. The molecule has 25 heavy (non-hydrogen) atoms. The first-order valence-electron chi connectivity index (χ1n) is 8.04. The zero-order chi connectivity index (χ0) is 16.9. The van der Waals surface area contributed by atoms with E-state index < -0.39 is 0 Å². The molecule has 0 bridgehead atoms. The average molecular weight is 381 g/mol. The van der Waals surface area contributed by atoms with E-state index in [9.17, 15) is 0 Å². The second-order valence-electron chi connectivity index (χ2n) is 5.68. The van der Waals surface area contributed by atoms with Gasteiger partial charge in [0, 0.05) is 0 Å². The monoisotopic (exact) mass is 382 g/mol. The summed E-state index contributed by atoms with van der Waals surface area (Å²) in [4.78, 5) is 6.43. The van der Waals surface area contributed by atoms with E-state index >= 15 is 0 Å². The molecule has 0 amide bonds. The van der Waals surface area contributed by atoms with E-state index in [1.165, 1.54) is 21.5 Å². The van der Waals surface area contributed by atoms with Crippen molar-refractivity contribution < 1.29 is 0 Å². The maximum atomic E-state index is 3.23. The summed E-state index contributed by atoms with van der Waals surface area (Å²) in [6.07, 6.45) is 0. The Morgan fingerprint density at radius 2 is 0.920 bits per heavy atom. The van der Waals surface area contributed by atoms with E-state index in [2.05, 4.69) is 106 Å². The van der Waals surface area contributed by atoms with Crippen LogP contribution < -0.4 is 0 Å². The molecule has 0 radical (unpaired) electrons. The van der Waals surface area contributed by atoms with Crippen LogP contribution >= 0.6 is 0 Å². The average Bonchev–Trinajstić information content (AvgIpc) is 2.67. The van der Waals surface area contributed by atoms with Gasteiger partial charge in [0.05, 0.1) is 0 Å². The Morgan fingerprint density at radius 3 is 1.40 bits per heavy atom. The topological polar surface area (TPSA) is 0 Å². The van der Waals surface area contributed by atoms with Gasteiger partial charge >= 0.3 is 154 Å². The quantitative estimate of drug-likeness (QED) is 0.297. The molecular weight excluding hydrogens is 367 g/mol. The summed E-state index contributed by atoms with van der Waals surface area (Å²) in [6.45, 7) is 0. The molecule has 116 valence electrons. The van der Waals surface area contributed by atoms with Gasteiger partial charge < -0.3 is 0 Å². The Balaban J connectivity index is 1.48. The zero-order valence-electron chi connectivity index (χ0n) is 13.5. The molecule has 4 aromatic rings. The van der Waals surface area contributed by atoms with Gasteiger partial charge in [-0.1, -0.05) is 0 Å². The van der Waals surface area contributed by atoms with Gasteiger partial charge in [-0.2, -0.15) is 0 Å². The third-order valence-corrected chi connectivity index (χ3v) is 4.85. The van der Waals surface area contributed by atoms with Gasteiger partial charge in [-0.25, -0.2) is 0 Å². The molecule has 0 nitrogen and oxygen atoms in total. The number of benzene rings is 4. The van der Waals surface area contributed by atoms with Crippen LogP contribution in [0.5, 0.6) is 0 Å². The first-order valence-corrected chi connectivity index (χ1v) is 9.75. The van der Waals surface area contributed by atoms with Crippen LogP contribution in [0.2, 0.25) is 0 Å². The molecule has 4 aromatic carbocycles. The van der Waals surface area contributed by atoms with Gasteiger partial charge in [0.2, 0.25) is 0 Å². The SMILES string of the molecule is C(#Cc1ccc2ccccc2c1)[Se]C#Cc1ccc2ccccc2c1. The van der Waals surface area contributed by atoms with E-state index in [0.29, 0.717) is 0 Å². The molecule has 0 aliphatic rings. The van der Waals surface area contributed by atoms with Crippen molar-refractivity contribution in [2.24, 2.45) is 0 Å². The van der Waals surface area contributed by atoms with Crippen molar-refractivity contribution in [2.75, 3.05) is 0 Å². The third kappa shape index (κ3) is 3.76. The molecule has 1 heteroatoms. The molecule has 0 saturated carbocycles. The number of rotatable bonds is 0. The Bertz CT molecular complexity index is 1090. The fraction of sp³-hybridized carbons (Fsp3) is 0. The van der Waals surface area contributed by atoms with Crippen LogP contribution in [0.3, 0.4) is 0 Å². The molecular formula is C24H14Se. The molecule has 0 aromatic heterocycles. The van der Waals surface area contributed by atoms with Crippen LogP contribution in [0.4, 0.5) is 0 Å². The van der Waals surface area contributed by atoms with Crippen LogP contribution in [0.25, 0.3) is 21.5 Å². The Kier molecular flexibility index (Phi) is 4.54. The van der Waals surface area contributed by atoms with Crippen LogP contribution in [0.15, 0.2) is 84.9 Å². The molecule has 0 saturated heterocycles. The molecule has 0 aliphatic heterocycles. The first-order chi connectivity index (χ1) is 12.4. The summed E-state index contributed by atoms with van der Waals surface area (Å²) in [5.41, 5.74) is 2.10. The Hall–Kier alpha value is -2.96. The summed E-state index contributed by atoms with van der Waals surface area (Å²) < 4.78 is 0. The van der Waals surface area contributed by atoms with Gasteiger partial charge in [0.1, 0.15) is 0 Å². The van der Waals surface area contributed by atoms with E-state index in [1.807, 2.05) is 0 Å². The van der Waals surface area contributed by atoms with E-state index in [0.717, 1.165) is 11.1 Å². The molecule has 0 N–H and O–H groups in total. The molecule has 0 aliphatic carbocycles. The molecule has 0 spiro atoms. The molecule has 4 rings (SSSR count). The minimum absolute atomic E-state index is 0.00269. The number of hydrogen-bond acceptors (Lipinski definition) is 0. The van der Waals surface area contributed by atoms with E-state index in [1.54, 1.807) is 0 Å². The fourth-order valence-electron chi connectivity index (χ4n) is 2.73. The number of fused-ring (bicyclic) bond motifs is 2. The van der Waals surface area contributed by atoms with Crippen molar-refractivity contribution in [3.8, 4) is 21.5 Å². The standard InChI is InChI=1S/C24H14Se/c1-3-7-23-17-19(9-11-21(23)5-1)13-15-25-16-14-20-10-12-22-6-2-4-8-24(22)18-20/h1-12,17-18H. The third-order valence-electron chi connectivity index (χ3n) is 3.99. The second kappa shape index (κ2) is 7.29. The predicted molar refractivity (Wildman–Crippen MR) is 107 cm³/mol. The van der Waals surface area contributed by atoms with Crippen molar-refractivity contribution in [3.05, 3.63) is 96.1 Å². The van der Waals surface area contributed by atoms with Gasteiger partial charge in [-0.15, -0.1) is 0 Å². The van der Waals surface area contributed by atoms with Gasteiger partial charge in [0.25, 0.3) is 0 Å².